The van der Waals surface area contributed by atoms with Gasteiger partial charge in [-0.15, -0.1) is 0 Å². The maximum Gasteiger partial charge on any atom is 0.338 e. The lowest BCUT2D eigenvalue weighted by Gasteiger charge is -2.06. The first-order valence-electron chi connectivity index (χ1n) is 8.36. The smallest absolute Gasteiger partial charge is 0.338 e. The molecule has 0 amide bonds. The van der Waals surface area contributed by atoms with Crippen LogP contribution < -0.4 is 0 Å². The summed E-state index contributed by atoms with van der Waals surface area (Å²) < 4.78 is 6.82. The maximum atomic E-state index is 12.1. The summed E-state index contributed by atoms with van der Waals surface area (Å²) in [6.07, 6.45) is 4.01. The van der Waals surface area contributed by atoms with E-state index >= 15 is 0 Å². The van der Waals surface area contributed by atoms with Crippen LogP contribution in [0.4, 0.5) is 0 Å². The van der Waals surface area contributed by atoms with E-state index in [1.807, 2.05) is 24.3 Å². The highest BCUT2D eigenvalue weighted by molar-refractivity contribution is 5.99. The molecule has 0 unspecified atom stereocenters. The molecule has 0 bridgehead atoms. The van der Waals surface area contributed by atoms with Gasteiger partial charge in [0.25, 0.3) is 0 Å². The van der Waals surface area contributed by atoms with E-state index in [1.54, 1.807) is 35.3 Å². The molecule has 0 saturated heterocycles. The molecule has 0 aliphatic carbocycles. The largest absolute Gasteiger partial charge is 0.454 e. The van der Waals surface area contributed by atoms with Gasteiger partial charge >= 0.3 is 5.97 Å². The second-order valence-electron chi connectivity index (χ2n) is 5.84. The molecule has 3 aromatic rings. The first-order valence-corrected chi connectivity index (χ1v) is 8.36. The summed E-state index contributed by atoms with van der Waals surface area (Å²) in [5.74, 6) is -0.736. The number of ketones is 1. The summed E-state index contributed by atoms with van der Waals surface area (Å²) >= 11 is 0. The fraction of sp³-hybridized carbons (Fsp3) is 0.200. The summed E-state index contributed by atoms with van der Waals surface area (Å²) in [6, 6.07) is 14.3. The Morgan fingerprint density at radius 1 is 0.962 bits per heavy atom. The normalized spacial score (nSPS) is 10.5. The molecule has 0 N–H and O–H groups in total. The summed E-state index contributed by atoms with van der Waals surface area (Å²) in [7, 11) is 0. The van der Waals surface area contributed by atoms with Crippen LogP contribution in [0.15, 0.2) is 61.2 Å². The molecule has 6 nitrogen and oxygen atoms in total. The van der Waals surface area contributed by atoms with Crippen LogP contribution in [0.5, 0.6) is 0 Å². The van der Waals surface area contributed by atoms with E-state index in [0.717, 1.165) is 17.5 Å². The molecule has 0 fully saturated rings. The molecular weight excluding hydrogens is 330 g/mol. The van der Waals surface area contributed by atoms with Crippen molar-refractivity contribution in [2.24, 2.45) is 0 Å². The number of esters is 1. The van der Waals surface area contributed by atoms with Crippen molar-refractivity contribution in [1.82, 2.24) is 14.8 Å². The molecular formula is C20H19N3O3. The average Bonchev–Trinajstić information content (AvgIpc) is 3.19. The van der Waals surface area contributed by atoms with Crippen molar-refractivity contribution in [3.8, 4) is 0 Å². The highest BCUT2D eigenvalue weighted by Crippen LogP contribution is 2.09. The summed E-state index contributed by atoms with van der Waals surface area (Å²) in [5.41, 5.74) is 3.09. The fourth-order valence-electron chi connectivity index (χ4n) is 2.47. The Kier molecular flexibility index (Phi) is 5.53. The number of nitrogens with zero attached hydrogens (tertiary/aromatic N) is 3. The maximum absolute atomic E-state index is 12.1. The predicted octanol–water partition coefficient (Wildman–Crippen LogP) is 2.93. The zero-order chi connectivity index (χ0) is 18.4. The molecule has 0 aliphatic heterocycles. The van der Waals surface area contributed by atoms with Crippen molar-refractivity contribution in [1.29, 1.82) is 0 Å². The van der Waals surface area contributed by atoms with Gasteiger partial charge in [-0.1, -0.05) is 43.3 Å². The lowest BCUT2D eigenvalue weighted by atomic mass is 10.1. The summed E-state index contributed by atoms with van der Waals surface area (Å²) in [6.45, 7) is 2.35. The van der Waals surface area contributed by atoms with Gasteiger partial charge in [0.1, 0.15) is 12.7 Å². The van der Waals surface area contributed by atoms with Crippen molar-refractivity contribution < 1.29 is 14.3 Å². The number of carbonyl (C=O) groups excluding carboxylic acids is 2. The Labute approximate surface area is 151 Å². The highest BCUT2D eigenvalue weighted by atomic mass is 16.5. The third kappa shape index (κ3) is 4.42. The van der Waals surface area contributed by atoms with Crippen LogP contribution >= 0.6 is 0 Å². The zero-order valence-corrected chi connectivity index (χ0v) is 14.5. The SMILES string of the molecule is CCc1ccc(C(=O)COC(=O)c2ccc(Cn3cncn3)cc2)cc1. The molecule has 132 valence electrons. The van der Waals surface area contributed by atoms with Gasteiger partial charge in [-0.05, 0) is 29.7 Å². The van der Waals surface area contributed by atoms with Crippen molar-refractivity contribution in [3.05, 3.63) is 83.4 Å². The van der Waals surface area contributed by atoms with Crippen molar-refractivity contribution in [3.63, 3.8) is 0 Å². The van der Waals surface area contributed by atoms with E-state index in [9.17, 15) is 9.59 Å². The molecule has 0 aliphatic rings. The predicted molar refractivity (Wildman–Crippen MR) is 96.0 cm³/mol. The highest BCUT2D eigenvalue weighted by Gasteiger charge is 2.12. The monoisotopic (exact) mass is 349 g/mol. The van der Waals surface area contributed by atoms with Crippen LogP contribution in [0, 0.1) is 0 Å². The van der Waals surface area contributed by atoms with Gasteiger partial charge in [0, 0.05) is 5.56 Å². The minimum absolute atomic E-state index is 0.219. The van der Waals surface area contributed by atoms with Gasteiger partial charge in [-0.2, -0.15) is 5.10 Å². The Hall–Kier alpha value is -3.28. The van der Waals surface area contributed by atoms with Gasteiger partial charge in [-0.25, -0.2) is 14.5 Å². The number of hydrogen-bond donors (Lipinski definition) is 0. The number of Topliss-reactive ketones (excluding diaryl/α,β-unsaturated/α-hetero) is 1. The number of aryl methyl sites for hydroxylation is 1. The number of carbonyl (C=O) groups is 2. The lowest BCUT2D eigenvalue weighted by molar-refractivity contribution is 0.0474. The Balaban J connectivity index is 1.54. The standard InChI is InChI=1S/C20H19N3O3/c1-2-15-3-7-17(8-4-15)19(24)12-26-20(25)18-9-5-16(6-10-18)11-23-14-21-13-22-23/h3-10,13-14H,2,11-12H2,1H3. The summed E-state index contributed by atoms with van der Waals surface area (Å²) in [4.78, 5) is 28.1. The average molecular weight is 349 g/mol. The van der Waals surface area contributed by atoms with Gasteiger partial charge in [-0.3, -0.25) is 4.79 Å². The Morgan fingerprint density at radius 2 is 1.62 bits per heavy atom. The molecule has 26 heavy (non-hydrogen) atoms. The van der Waals surface area contributed by atoms with Crippen LogP contribution in [0.3, 0.4) is 0 Å². The third-order valence-corrected chi connectivity index (χ3v) is 4.02. The van der Waals surface area contributed by atoms with Crippen LogP contribution in [0.25, 0.3) is 0 Å². The van der Waals surface area contributed by atoms with E-state index < -0.39 is 5.97 Å². The van der Waals surface area contributed by atoms with Crippen molar-refractivity contribution >= 4 is 11.8 Å². The van der Waals surface area contributed by atoms with Crippen molar-refractivity contribution in [2.45, 2.75) is 19.9 Å². The minimum Gasteiger partial charge on any atom is -0.454 e. The summed E-state index contributed by atoms with van der Waals surface area (Å²) in [5, 5.41) is 4.03. The number of rotatable bonds is 7. The molecule has 2 aromatic carbocycles. The third-order valence-electron chi connectivity index (χ3n) is 4.02. The van der Waals surface area contributed by atoms with Gasteiger partial charge in [0.15, 0.2) is 12.4 Å². The van der Waals surface area contributed by atoms with Crippen LogP contribution in [0.2, 0.25) is 0 Å². The molecule has 1 aromatic heterocycles. The number of ether oxygens (including phenoxy) is 1. The van der Waals surface area contributed by atoms with Crippen molar-refractivity contribution in [2.75, 3.05) is 6.61 Å². The molecule has 1 heterocycles. The topological polar surface area (TPSA) is 74.1 Å². The second-order valence-corrected chi connectivity index (χ2v) is 5.84. The molecule has 0 radical (unpaired) electrons. The Bertz CT molecular complexity index is 870. The lowest BCUT2D eigenvalue weighted by Crippen LogP contribution is -2.14. The van der Waals surface area contributed by atoms with Crippen LogP contribution in [0.1, 0.15) is 38.8 Å². The van der Waals surface area contributed by atoms with E-state index in [1.165, 1.54) is 6.33 Å². The Morgan fingerprint density at radius 3 is 2.23 bits per heavy atom. The van der Waals surface area contributed by atoms with Gasteiger partial charge in [0.05, 0.1) is 12.1 Å². The second kappa shape index (κ2) is 8.20. The minimum atomic E-state index is -0.518. The van der Waals surface area contributed by atoms with E-state index in [4.69, 9.17) is 4.74 Å². The van der Waals surface area contributed by atoms with Gasteiger partial charge in [0.2, 0.25) is 0 Å². The first kappa shape index (κ1) is 17.5. The van der Waals surface area contributed by atoms with Crippen LogP contribution in [-0.4, -0.2) is 33.1 Å². The quantitative estimate of drug-likeness (QED) is 0.484. The van der Waals surface area contributed by atoms with Crippen LogP contribution in [-0.2, 0) is 17.7 Å². The molecule has 6 heteroatoms. The fourth-order valence-corrected chi connectivity index (χ4v) is 2.47. The zero-order valence-electron chi connectivity index (χ0n) is 14.5. The molecule has 0 atom stereocenters. The molecule has 3 rings (SSSR count). The molecule has 0 spiro atoms. The number of aromatic nitrogens is 3. The van der Waals surface area contributed by atoms with E-state index in [2.05, 4.69) is 17.0 Å². The first-order chi connectivity index (χ1) is 12.7. The molecule has 0 saturated carbocycles. The van der Waals surface area contributed by atoms with E-state index in [0.29, 0.717) is 17.7 Å². The van der Waals surface area contributed by atoms with E-state index in [-0.39, 0.29) is 12.4 Å². The number of benzene rings is 2. The van der Waals surface area contributed by atoms with Gasteiger partial charge < -0.3 is 4.74 Å². The number of hydrogen-bond acceptors (Lipinski definition) is 5.